The van der Waals surface area contributed by atoms with Gasteiger partial charge in [0.15, 0.2) is 0 Å². The van der Waals surface area contributed by atoms with Crippen molar-refractivity contribution in [3.05, 3.63) is 24.3 Å². The summed E-state index contributed by atoms with van der Waals surface area (Å²) in [4.78, 5) is 17.0. The first kappa shape index (κ1) is 15.3. The normalized spacial score (nSPS) is 25.7. The molecule has 0 bridgehead atoms. The van der Waals surface area contributed by atoms with Gasteiger partial charge in [-0.05, 0) is 25.1 Å². The van der Waals surface area contributed by atoms with Crippen LogP contribution >= 0.6 is 0 Å². The second-order valence-corrected chi connectivity index (χ2v) is 6.58. The van der Waals surface area contributed by atoms with Crippen LogP contribution < -0.4 is 10.2 Å². The highest BCUT2D eigenvalue weighted by Crippen LogP contribution is 2.33. The van der Waals surface area contributed by atoms with Crippen molar-refractivity contribution in [1.29, 1.82) is 0 Å². The number of carbonyl (C=O) groups is 1. The minimum Gasteiger partial charge on any atom is -0.379 e. The molecule has 0 saturated carbocycles. The van der Waals surface area contributed by atoms with Gasteiger partial charge in [0.25, 0.3) is 5.91 Å². The Morgan fingerprint density at radius 2 is 2.09 bits per heavy atom. The summed E-state index contributed by atoms with van der Waals surface area (Å²) >= 11 is 0. The van der Waals surface area contributed by atoms with Crippen molar-refractivity contribution in [2.75, 3.05) is 43.5 Å². The standard InChI is InChI=1S/C17H25N3O2/c1-12(2)14-10-20(15-7-5-4-6-13(15)18-14)17(21)16-11-19(3)8-9-22-16/h4-7,12,14,16,18H,8-11H2,1-3H3. The van der Waals surface area contributed by atoms with Crippen LogP contribution in [0.15, 0.2) is 24.3 Å². The molecule has 22 heavy (non-hydrogen) atoms. The van der Waals surface area contributed by atoms with Gasteiger partial charge in [-0.25, -0.2) is 0 Å². The van der Waals surface area contributed by atoms with Gasteiger partial charge in [-0.3, -0.25) is 4.79 Å². The number of hydrogen-bond acceptors (Lipinski definition) is 4. The zero-order chi connectivity index (χ0) is 15.7. The number of ether oxygens (including phenoxy) is 1. The predicted molar refractivity (Wildman–Crippen MR) is 88.3 cm³/mol. The minimum absolute atomic E-state index is 0.0751. The van der Waals surface area contributed by atoms with Crippen molar-refractivity contribution in [3.8, 4) is 0 Å². The lowest BCUT2D eigenvalue weighted by atomic mass is 9.99. The molecule has 1 N–H and O–H groups in total. The van der Waals surface area contributed by atoms with Gasteiger partial charge in [0.05, 0.1) is 18.0 Å². The molecule has 120 valence electrons. The minimum atomic E-state index is -0.363. The molecule has 2 atom stereocenters. The van der Waals surface area contributed by atoms with Crippen molar-refractivity contribution >= 4 is 17.3 Å². The van der Waals surface area contributed by atoms with Crippen LogP contribution in [0.2, 0.25) is 0 Å². The third kappa shape index (κ3) is 2.96. The quantitative estimate of drug-likeness (QED) is 0.905. The first-order chi connectivity index (χ1) is 10.6. The molecule has 1 amide bonds. The second-order valence-electron chi connectivity index (χ2n) is 6.58. The van der Waals surface area contributed by atoms with Crippen LogP contribution in [-0.4, -0.2) is 56.2 Å². The summed E-state index contributed by atoms with van der Waals surface area (Å²) in [6.07, 6.45) is -0.363. The third-order valence-corrected chi connectivity index (χ3v) is 4.53. The fraction of sp³-hybridized carbons (Fsp3) is 0.588. The van der Waals surface area contributed by atoms with Gasteiger partial charge < -0.3 is 19.9 Å². The van der Waals surface area contributed by atoms with Gasteiger partial charge in [0, 0.05) is 25.7 Å². The molecule has 2 unspecified atom stereocenters. The van der Waals surface area contributed by atoms with Gasteiger partial charge in [-0.15, -0.1) is 0 Å². The summed E-state index contributed by atoms with van der Waals surface area (Å²) in [5, 5.41) is 3.55. The van der Waals surface area contributed by atoms with E-state index in [1.54, 1.807) is 0 Å². The molecule has 1 aromatic rings. The fourth-order valence-corrected chi connectivity index (χ4v) is 3.06. The molecule has 2 aliphatic heterocycles. The van der Waals surface area contributed by atoms with E-state index in [4.69, 9.17) is 4.74 Å². The maximum Gasteiger partial charge on any atom is 0.257 e. The smallest absolute Gasteiger partial charge is 0.257 e. The topological polar surface area (TPSA) is 44.8 Å². The highest BCUT2D eigenvalue weighted by atomic mass is 16.5. The summed E-state index contributed by atoms with van der Waals surface area (Å²) in [6, 6.07) is 8.29. The van der Waals surface area contributed by atoms with E-state index < -0.39 is 0 Å². The molecule has 0 radical (unpaired) electrons. The van der Waals surface area contributed by atoms with Crippen LogP contribution in [0.25, 0.3) is 0 Å². The third-order valence-electron chi connectivity index (χ3n) is 4.53. The summed E-state index contributed by atoms with van der Waals surface area (Å²) in [5.74, 6) is 0.532. The lowest BCUT2D eigenvalue weighted by molar-refractivity contribution is -0.135. The number of rotatable bonds is 2. The molecule has 0 spiro atoms. The maximum atomic E-state index is 13.0. The van der Waals surface area contributed by atoms with E-state index in [1.165, 1.54) is 0 Å². The number of amides is 1. The molecule has 1 aromatic carbocycles. The van der Waals surface area contributed by atoms with E-state index in [1.807, 2.05) is 36.2 Å². The number of fused-ring (bicyclic) bond motifs is 1. The second kappa shape index (κ2) is 6.26. The molecular formula is C17H25N3O2. The first-order valence-electron chi connectivity index (χ1n) is 8.03. The van der Waals surface area contributed by atoms with E-state index in [0.717, 1.165) is 17.9 Å². The van der Waals surface area contributed by atoms with Gasteiger partial charge in [-0.1, -0.05) is 26.0 Å². The van der Waals surface area contributed by atoms with E-state index in [2.05, 4.69) is 24.1 Å². The fourth-order valence-electron chi connectivity index (χ4n) is 3.06. The van der Waals surface area contributed by atoms with Crippen molar-refractivity contribution < 1.29 is 9.53 Å². The number of morpholine rings is 1. The SMILES string of the molecule is CC(C)C1CN(C(=O)C2CN(C)CCO2)c2ccccc2N1. The molecule has 5 heteroatoms. The molecule has 1 saturated heterocycles. The molecule has 0 aromatic heterocycles. The van der Waals surface area contributed by atoms with Crippen LogP contribution in [0.1, 0.15) is 13.8 Å². The Kier molecular flexibility index (Phi) is 4.36. The number of nitrogens with zero attached hydrogens (tertiary/aromatic N) is 2. The Morgan fingerprint density at radius 1 is 1.32 bits per heavy atom. The van der Waals surface area contributed by atoms with E-state index in [0.29, 0.717) is 25.6 Å². The summed E-state index contributed by atoms with van der Waals surface area (Å²) in [6.45, 7) is 7.22. The zero-order valence-corrected chi connectivity index (χ0v) is 13.6. The lowest BCUT2D eigenvalue weighted by Gasteiger charge is -2.40. The summed E-state index contributed by atoms with van der Waals surface area (Å²) in [5.41, 5.74) is 1.99. The van der Waals surface area contributed by atoms with Crippen LogP contribution in [0.4, 0.5) is 11.4 Å². The Bertz CT molecular complexity index is 546. The Labute approximate surface area is 132 Å². The van der Waals surface area contributed by atoms with Gasteiger partial charge in [-0.2, -0.15) is 0 Å². The number of benzene rings is 1. The highest BCUT2D eigenvalue weighted by Gasteiger charge is 2.35. The maximum absolute atomic E-state index is 13.0. The average Bonchev–Trinajstić information content (AvgIpc) is 2.53. The van der Waals surface area contributed by atoms with Crippen molar-refractivity contribution in [1.82, 2.24) is 4.90 Å². The summed E-state index contributed by atoms with van der Waals surface area (Å²) in [7, 11) is 2.03. The Balaban J connectivity index is 1.86. The Morgan fingerprint density at radius 3 is 2.82 bits per heavy atom. The van der Waals surface area contributed by atoms with Crippen molar-refractivity contribution in [2.24, 2.45) is 5.92 Å². The molecule has 1 fully saturated rings. The lowest BCUT2D eigenvalue weighted by Crippen LogP contribution is -2.54. The number of carbonyl (C=O) groups excluding carboxylic acids is 1. The Hall–Kier alpha value is -1.59. The number of anilines is 2. The molecular weight excluding hydrogens is 278 g/mol. The van der Waals surface area contributed by atoms with Crippen molar-refractivity contribution in [2.45, 2.75) is 26.0 Å². The van der Waals surface area contributed by atoms with Gasteiger partial charge >= 0.3 is 0 Å². The molecule has 5 nitrogen and oxygen atoms in total. The van der Waals surface area contributed by atoms with Crippen LogP contribution in [-0.2, 0) is 9.53 Å². The summed E-state index contributed by atoms with van der Waals surface area (Å²) < 4.78 is 5.72. The number of nitrogens with one attached hydrogen (secondary N) is 1. The average molecular weight is 303 g/mol. The predicted octanol–water partition coefficient (Wildman–Crippen LogP) is 1.80. The molecule has 2 aliphatic rings. The van der Waals surface area contributed by atoms with Crippen LogP contribution in [0, 0.1) is 5.92 Å². The first-order valence-corrected chi connectivity index (χ1v) is 8.03. The molecule has 3 rings (SSSR count). The zero-order valence-electron chi connectivity index (χ0n) is 13.6. The molecule has 2 heterocycles. The van der Waals surface area contributed by atoms with E-state index in [-0.39, 0.29) is 18.1 Å². The highest BCUT2D eigenvalue weighted by molar-refractivity contribution is 6.00. The monoisotopic (exact) mass is 303 g/mol. The van der Waals surface area contributed by atoms with E-state index >= 15 is 0 Å². The number of likely N-dealkylation sites (N-methyl/N-ethyl adjacent to an activating group) is 1. The van der Waals surface area contributed by atoms with E-state index in [9.17, 15) is 4.79 Å². The van der Waals surface area contributed by atoms with Crippen LogP contribution in [0.5, 0.6) is 0 Å². The number of para-hydroxylation sites is 2. The van der Waals surface area contributed by atoms with Gasteiger partial charge in [0.2, 0.25) is 0 Å². The van der Waals surface area contributed by atoms with Gasteiger partial charge in [0.1, 0.15) is 6.10 Å². The van der Waals surface area contributed by atoms with Crippen LogP contribution in [0.3, 0.4) is 0 Å². The van der Waals surface area contributed by atoms with Crippen molar-refractivity contribution in [3.63, 3.8) is 0 Å². The largest absolute Gasteiger partial charge is 0.379 e. The molecule has 0 aliphatic carbocycles. The number of hydrogen-bond donors (Lipinski definition) is 1.